The average Bonchev–Trinajstić information content (AvgIpc) is 3.41. The number of carbonyl (C=O) groups is 2. The predicted molar refractivity (Wildman–Crippen MR) is 155 cm³/mol. The van der Waals surface area contributed by atoms with Gasteiger partial charge in [0.1, 0.15) is 0 Å². The molecule has 1 aromatic heterocycles. The maximum atomic E-state index is 12.9. The highest BCUT2D eigenvalue weighted by atomic mass is 79.9. The highest BCUT2D eigenvalue weighted by Crippen LogP contribution is 2.23. The van der Waals surface area contributed by atoms with Crippen molar-refractivity contribution in [2.45, 2.75) is 5.16 Å². The molecule has 0 radical (unpaired) electrons. The molecule has 0 spiro atoms. The summed E-state index contributed by atoms with van der Waals surface area (Å²) in [5.41, 5.74) is 3.27. The Morgan fingerprint density at radius 3 is 2.26 bits per heavy atom. The minimum Gasteiger partial charge on any atom is -0.368 e. The normalized spacial score (nSPS) is 13.4. The van der Waals surface area contributed by atoms with Gasteiger partial charge in [-0.2, -0.15) is 4.68 Å². The van der Waals surface area contributed by atoms with Crippen molar-refractivity contribution >= 4 is 66.8 Å². The molecule has 194 valence electrons. The lowest BCUT2D eigenvalue weighted by Crippen LogP contribution is -2.48. The zero-order valence-corrected chi connectivity index (χ0v) is 24.1. The van der Waals surface area contributed by atoms with Crippen LogP contribution in [0.15, 0.2) is 86.9 Å². The summed E-state index contributed by atoms with van der Waals surface area (Å²) in [6.07, 6.45) is 0. The number of amides is 2. The van der Waals surface area contributed by atoms with Crippen LogP contribution in [0.1, 0.15) is 10.4 Å². The number of piperazine rings is 1. The average molecular weight is 657 g/mol. The van der Waals surface area contributed by atoms with Crippen molar-refractivity contribution in [3.63, 3.8) is 0 Å². The van der Waals surface area contributed by atoms with E-state index in [4.69, 9.17) is 0 Å². The molecule has 1 N–H and O–H groups in total. The predicted octanol–water partition coefficient (Wildman–Crippen LogP) is 4.88. The van der Waals surface area contributed by atoms with E-state index in [2.05, 4.69) is 57.6 Å². The molecule has 5 rings (SSSR count). The van der Waals surface area contributed by atoms with Crippen molar-refractivity contribution in [1.82, 2.24) is 25.1 Å². The Kier molecular flexibility index (Phi) is 8.40. The van der Waals surface area contributed by atoms with Crippen LogP contribution in [0.25, 0.3) is 5.69 Å². The summed E-state index contributed by atoms with van der Waals surface area (Å²) in [5.74, 6) is 0.0674. The van der Waals surface area contributed by atoms with Crippen LogP contribution in [0.5, 0.6) is 0 Å². The zero-order chi connectivity index (χ0) is 26.5. The van der Waals surface area contributed by atoms with Crippen LogP contribution < -0.4 is 10.2 Å². The smallest absolute Gasteiger partial charge is 0.255 e. The Balaban J connectivity index is 1.11. The Labute approximate surface area is 240 Å². The zero-order valence-electron chi connectivity index (χ0n) is 20.1. The molecule has 1 fully saturated rings. The summed E-state index contributed by atoms with van der Waals surface area (Å²) >= 11 is 8.15. The largest absolute Gasteiger partial charge is 0.368 e. The number of nitrogens with zero attached hydrogens (tertiary/aromatic N) is 6. The third kappa shape index (κ3) is 6.25. The Bertz CT molecular complexity index is 1420. The first-order chi connectivity index (χ1) is 18.5. The maximum absolute atomic E-state index is 12.9. The van der Waals surface area contributed by atoms with Crippen molar-refractivity contribution < 1.29 is 9.59 Å². The summed E-state index contributed by atoms with van der Waals surface area (Å²) < 4.78 is 3.37. The Hall–Kier alpha value is -3.22. The number of halogens is 2. The molecule has 0 unspecified atom stereocenters. The van der Waals surface area contributed by atoms with Crippen molar-refractivity contribution in [3.8, 4) is 5.69 Å². The number of hydrogen-bond acceptors (Lipinski definition) is 7. The summed E-state index contributed by atoms with van der Waals surface area (Å²) in [5, 5.41) is 15.3. The SMILES string of the molecule is O=C(CSc1nnnn1-c1ccc(Br)cc1)Nc1ccc(N2CCN(C(=O)c3ccccc3Br)CC2)cc1. The molecule has 3 aromatic carbocycles. The molecular formula is C26H23Br2N7O2S. The van der Waals surface area contributed by atoms with Gasteiger partial charge in [0.15, 0.2) is 0 Å². The molecular weight excluding hydrogens is 634 g/mol. The lowest BCUT2D eigenvalue weighted by molar-refractivity contribution is -0.113. The van der Waals surface area contributed by atoms with E-state index in [1.54, 1.807) is 4.68 Å². The number of nitrogens with one attached hydrogen (secondary N) is 1. The van der Waals surface area contributed by atoms with Crippen molar-refractivity contribution in [3.05, 3.63) is 87.3 Å². The minimum absolute atomic E-state index is 0.0407. The molecule has 1 aliphatic heterocycles. The van der Waals surface area contributed by atoms with E-state index >= 15 is 0 Å². The van der Waals surface area contributed by atoms with E-state index in [0.717, 1.165) is 39.1 Å². The molecule has 12 heteroatoms. The van der Waals surface area contributed by atoms with Crippen molar-refractivity contribution in [2.24, 2.45) is 0 Å². The number of thioether (sulfide) groups is 1. The van der Waals surface area contributed by atoms with Crippen LogP contribution in [-0.2, 0) is 4.79 Å². The second-order valence-electron chi connectivity index (χ2n) is 8.49. The van der Waals surface area contributed by atoms with E-state index in [0.29, 0.717) is 23.8 Å². The van der Waals surface area contributed by atoms with Crippen LogP contribution in [0.3, 0.4) is 0 Å². The van der Waals surface area contributed by atoms with Crippen LogP contribution in [0.2, 0.25) is 0 Å². The third-order valence-electron chi connectivity index (χ3n) is 6.03. The summed E-state index contributed by atoms with van der Waals surface area (Å²) in [6, 6.07) is 22.9. The van der Waals surface area contributed by atoms with E-state index in [-0.39, 0.29) is 17.6 Å². The van der Waals surface area contributed by atoms with Gasteiger partial charge in [-0.1, -0.05) is 39.8 Å². The Morgan fingerprint density at radius 2 is 1.55 bits per heavy atom. The van der Waals surface area contributed by atoms with Gasteiger partial charge >= 0.3 is 0 Å². The number of rotatable bonds is 7. The fourth-order valence-electron chi connectivity index (χ4n) is 4.07. The molecule has 2 amide bonds. The number of benzene rings is 3. The lowest BCUT2D eigenvalue weighted by Gasteiger charge is -2.36. The molecule has 9 nitrogen and oxygen atoms in total. The Morgan fingerprint density at radius 1 is 0.868 bits per heavy atom. The van der Waals surface area contributed by atoms with E-state index < -0.39 is 0 Å². The molecule has 0 saturated carbocycles. The van der Waals surface area contributed by atoms with E-state index in [9.17, 15) is 9.59 Å². The molecule has 1 saturated heterocycles. The number of aromatic nitrogens is 4. The molecule has 0 bridgehead atoms. The topological polar surface area (TPSA) is 96.2 Å². The summed E-state index contributed by atoms with van der Waals surface area (Å²) in [7, 11) is 0. The van der Waals surface area contributed by atoms with Crippen molar-refractivity contribution in [1.29, 1.82) is 0 Å². The van der Waals surface area contributed by atoms with Gasteiger partial charge < -0.3 is 15.1 Å². The summed E-state index contributed by atoms with van der Waals surface area (Å²) in [4.78, 5) is 29.6. The first kappa shape index (κ1) is 26.4. The number of hydrogen-bond donors (Lipinski definition) is 1. The lowest BCUT2D eigenvalue weighted by atomic mass is 10.1. The second kappa shape index (κ2) is 12.1. The van der Waals surface area contributed by atoms with E-state index in [1.165, 1.54) is 11.8 Å². The van der Waals surface area contributed by atoms with Crippen LogP contribution in [0.4, 0.5) is 11.4 Å². The van der Waals surface area contributed by atoms with Gasteiger partial charge in [0.25, 0.3) is 5.91 Å². The van der Waals surface area contributed by atoms with Gasteiger partial charge in [0.05, 0.1) is 17.0 Å². The first-order valence-corrected chi connectivity index (χ1v) is 14.4. The first-order valence-electron chi connectivity index (χ1n) is 11.8. The number of anilines is 2. The third-order valence-corrected chi connectivity index (χ3v) is 8.17. The standard InChI is InChI=1S/C26H23Br2N7O2S/c27-18-5-9-21(10-6-18)35-26(30-31-32-35)38-17-24(36)29-19-7-11-20(12-8-19)33-13-15-34(16-14-33)25(37)22-3-1-2-4-23(22)28/h1-12H,13-17H2,(H,29,36). The van der Waals surface area contributed by atoms with Crippen LogP contribution >= 0.6 is 43.6 Å². The van der Waals surface area contributed by atoms with Gasteiger partial charge in [0, 0.05) is 46.5 Å². The van der Waals surface area contributed by atoms with Gasteiger partial charge in [-0.25, -0.2) is 0 Å². The fraction of sp³-hybridized carbons (Fsp3) is 0.192. The van der Waals surface area contributed by atoms with Gasteiger partial charge in [0.2, 0.25) is 11.1 Å². The summed E-state index contributed by atoms with van der Waals surface area (Å²) in [6.45, 7) is 2.78. The number of carbonyl (C=O) groups excluding carboxylic acids is 2. The highest BCUT2D eigenvalue weighted by Gasteiger charge is 2.23. The van der Waals surface area contributed by atoms with Gasteiger partial charge in [-0.3, -0.25) is 9.59 Å². The molecule has 1 aliphatic rings. The maximum Gasteiger partial charge on any atom is 0.255 e. The molecule has 0 aliphatic carbocycles. The van der Waals surface area contributed by atoms with Gasteiger partial charge in [-0.05, 0) is 87.0 Å². The van der Waals surface area contributed by atoms with Crippen LogP contribution in [-0.4, -0.2) is 68.9 Å². The minimum atomic E-state index is -0.146. The molecule has 2 heterocycles. The van der Waals surface area contributed by atoms with E-state index in [1.807, 2.05) is 77.7 Å². The van der Waals surface area contributed by atoms with Crippen LogP contribution in [0, 0.1) is 0 Å². The monoisotopic (exact) mass is 655 g/mol. The molecule has 38 heavy (non-hydrogen) atoms. The highest BCUT2D eigenvalue weighted by molar-refractivity contribution is 9.10. The molecule has 0 atom stereocenters. The number of tetrazole rings is 1. The quantitative estimate of drug-likeness (QED) is 0.283. The molecule has 4 aromatic rings. The second-order valence-corrected chi connectivity index (χ2v) is 11.2. The van der Waals surface area contributed by atoms with Crippen molar-refractivity contribution in [2.75, 3.05) is 42.1 Å². The van der Waals surface area contributed by atoms with Gasteiger partial charge in [-0.15, -0.1) is 5.10 Å². The fourth-order valence-corrected chi connectivity index (χ4v) is 5.48.